The van der Waals surface area contributed by atoms with Gasteiger partial charge in [0, 0.05) is 68.8 Å². The van der Waals surface area contributed by atoms with E-state index in [1.54, 1.807) is 17.2 Å². The van der Waals surface area contributed by atoms with Crippen molar-refractivity contribution in [3.8, 4) is 5.75 Å². The number of nitrogens with zero attached hydrogens (tertiary/aromatic N) is 5. The van der Waals surface area contributed by atoms with Crippen LogP contribution >= 0.6 is 0 Å². The first kappa shape index (κ1) is 24.9. The molecular formula is C26H29F3N6O3. The lowest BCUT2D eigenvalue weighted by Gasteiger charge is -2.43. The molecule has 4 aliphatic rings. The van der Waals surface area contributed by atoms with Gasteiger partial charge in [0.1, 0.15) is 12.4 Å². The number of ether oxygens (including phenoxy) is 2. The predicted octanol–water partition coefficient (Wildman–Crippen LogP) is 3.15. The van der Waals surface area contributed by atoms with Gasteiger partial charge in [-0.3, -0.25) is 9.69 Å². The normalized spacial score (nSPS) is 22.0. The van der Waals surface area contributed by atoms with Crippen LogP contribution in [-0.2, 0) is 22.3 Å². The fourth-order valence-corrected chi connectivity index (χ4v) is 5.67. The second kappa shape index (κ2) is 9.73. The molecule has 0 saturated carbocycles. The molecule has 9 nitrogen and oxygen atoms in total. The van der Waals surface area contributed by atoms with E-state index in [0.29, 0.717) is 69.6 Å². The van der Waals surface area contributed by atoms with Gasteiger partial charge >= 0.3 is 6.18 Å². The van der Waals surface area contributed by atoms with E-state index in [0.717, 1.165) is 12.1 Å². The Morgan fingerprint density at radius 2 is 1.97 bits per heavy atom. The van der Waals surface area contributed by atoms with Gasteiger partial charge in [-0.25, -0.2) is 9.97 Å². The van der Waals surface area contributed by atoms with E-state index in [1.165, 1.54) is 6.08 Å². The molecule has 1 N–H and O–H groups in total. The minimum absolute atomic E-state index is 0.0568. The molecule has 1 atom stereocenters. The lowest BCUT2D eigenvalue weighted by molar-refractivity contribution is -0.142. The van der Waals surface area contributed by atoms with Gasteiger partial charge in [-0.15, -0.1) is 0 Å². The van der Waals surface area contributed by atoms with E-state index in [2.05, 4.69) is 31.7 Å². The Kier molecular flexibility index (Phi) is 6.39. The molecule has 0 bridgehead atoms. The fourth-order valence-electron chi connectivity index (χ4n) is 5.67. The average molecular weight is 531 g/mol. The van der Waals surface area contributed by atoms with E-state index >= 15 is 0 Å². The quantitative estimate of drug-likeness (QED) is 0.604. The molecule has 2 aromatic heterocycles. The minimum atomic E-state index is -4.68. The summed E-state index contributed by atoms with van der Waals surface area (Å²) in [5, 5.41) is 3.13. The fraction of sp³-hybridized carbons (Fsp3) is 0.500. The Morgan fingerprint density at radius 1 is 1.18 bits per heavy atom. The maximum absolute atomic E-state index is 14.2. The van der Waals surface area contributed by atoms with Gasteiger partial charge in [0.2, 0.25) is 5.91 Å². The second-order valence-electron chi connectivity index (χ2n) is 10.0. The molecule has 0 aliphatic carbocycles. The zero-order valence-corrected chi connectivity index (χ0v) is 20.8. The smallest absolute Gasteiger partial charge is 0.437 e. The first-order chi connectivity index (χ1) is 18.3. The van der Waals surface area contributed by atoms with Crippen molar-refractivity contribution in [3.05, 3.63) is 47.9 Å². The number of fused-ring (bicyclic) bond motifs is 2. The Balaban J connectivity index is 1.25. The number of carbonyl (C=O) groups excluding carboxylic acids is 1. The standard InChI is InChI=1S/C26H29F3N6O3/c1-2-22(36)34-6-4-17(14-34)35-12-16(13-35)19-11-20-23(24(31-19)26(27,28)29)38-15-18-21(3-5-30-25(18)32-20)33-7-9-37-10-8-33/h2-3,5,11,16-17H,1,4,6-10,12-15H2,(H,30,32). The van der Waals surface area contributed by atoms with Crippen molar-refractivity contribution in [1.82, 2.24) is 19.8 Å². The van der Waals surface area contributed by atoms with Gasteiger partial charge in [-0.1, -0.05) is 6.58 Å². The molecule has 6 heterocycles. The number of halogens is 3. The van der Waals surface area contributed by atoms with Crippen molar-refractivity contribution >= 4 is 23.1 Å². The number of amides is 1. The number of hydrogen-bond acceptors (Lipinski definition) is 8. The SMILES string of the molecule is C=CC(=O)N1CCC(N2CC(c3cc4c(c(C(F)(F)F)n3)OCc3c(N5CCOCC5)ccnc3N4)C2)C1. The van der Waals surface area contributed by atoms with Crippen LogP contribution in [0.25, 0.3) is 0 Å². The van der Waals surface area contributed by atoms with Gasteiger partial charge in [0.05, 0.1) is 24.5 Å². The molecule has 38 heavy (non-hydrogen) atoms. The van der Waals surface area contributed by atoms with E-state index in [1.807, 2.05) is 6.07 Å². The molecule has 0 radical (unpaired) electrons. The first-order valence-corrected chi connectivity index (χ1v) is 12.8. The van der Waals surface area contributed by atoms with Crippen molar-refractivity contribution in [2.75, 3.05) is 62.7 Å². The van der Waals surface area contributed by atoms with Crippen LogP contribution in [0.15, 0.2) is 31.0 Å². The molecule has 3 saturated heterocycles. The number of carbonyl (C=O) groups is 1. The van der Waals surface area contributed by atoms with E-state index < -0.39 is 11.9 Å². The maximum Gasteiger partial charge on any atom is 0.437 e. The van der Waals surface area contributed by atoms with Crippen LogP contribution in [0.4, 0.5) is 30.4 Å². The summed E-state index contributed by atoms with van der Waals surface area (Å²) in [7, 11) is 0. The highest BCUT2D eigenvalue weighted by molar-refractivity contribution is 5.87. The van der Waals surface area contributed by atoms with Crippen LogP contribution < -0.4 is 15.0 Å². The molecule has 0 aromatic carbocycles. The summed E-state index contributed by atoms with van der Waals surface area (Å²) in [6, 6.07) is 3.71. The summed E-state index contributed by atoms with van der Waals surface area (Å²) in [5.74, 6) is -0.0739. The number of alkyl halides is 3. The molecule has 12 heteroatoms. The predicted molar refractivity (Wildman–Crippen MR) is 134 cm³/mol. The first-order valence-electron chi connectivity index (χ1n) is 12.8. The molecular weight excluding hydrogens is 501 g/mol. The average Bonchev–Trinajstić information content (AvgIpc) is 3.28. The van der Waals surface area contributed by atoms with E-state index in [4.69, 9.17) is 9.47 Å². The van der Waals surface area contributed by atoms with E-state index in [9.17, 15) is 18.0 Å². The summed E-state index contributed by atoms with van der Waals surface area (Å²) in [5.41, 5.74) is 1.13. The lowest BCUT2D eigenvalue weighted by Crippen LogP contribution is -2.52. The van der Waals surface area contributed by atoms with Crippen LogP contribution in [0.1, 0.15) is 29.3 Å². The number of pyridine rings is 2. The summed E-state index contributed by atoms with van der Waals surface area (Å²) >= 11 is 0. The number of morpholine rings is 1. The Bertz CT molecular complexity index is 1240. The zero-order valence-electron chi connectivity index (χ0n) is 20.8. The summed E-state index contributed by atoms with van der Waals surface area (Å²) in [6.07, 6.45) is -0.883. The molecule has 3 fully saturated rings. The highest BCUT2D eigenvalue weighted by atomic mass is 19.4. The van der Waals surface area contributed by atoms with Crippen LogP contribution in [0.2, 0.25) is 0 Å². The third-order valence-electron chi connectivity index (χ3n) is 7.75. The Hall–Kier alpha value is -3.38. The summed E-state index contributed by atoms with van der Waals surface area (Å²) in [6.45, 7) is 8.44. The summed E-state index contributed by atoms with van der Waals surface area (Å²) in [4.78, 5) is 26.5. The largest absolute Gasteiger partial charge is 0.484 e. The van der Waals surface area contributed by atoms with E-state index in [-0.39, 0.29) is 35.9 Å². The molecule has 1 unspecified atom stereocenters. The topological polar surface area (TPSA) is 83.1 Å². The number of likely N-dealkylation sites (tertiary alicyclic amines) is 2. The highest BCUT2D eigenvalue weighted by Gasteiger charge is 2.43. The zero-order chi connectivity index (χ0) is 26.4. The van der Waals surface area contributed by atoms with Crippen LogP contribution in [0.5, 0.6) is 5.75 Å². The van der Waals surface area contributed by atoms with Crippen molar-refractivity contribution in [3.63, 3.8) is 0 Å². The monoisotopic (exact) mass is 530 g/mol. The molecule has 202 valence electrons. The third kappa shape index (κ3) is 4.55. The Morgan fingerprint density at radius 3 is 2.71 bits per heavy atom. The minimum Gasteiger partial charge on any atom is -0.484 e. The molecule has 1 amide bonds. The number of rotatable bonds is 4. The van der Waals surface area contributed by atoms with Gasteiger partial charge in [0.25, 0.3) is 0 Å². The lowest BCUT2D eigenvalue weighted by atomic mass is 9.92. The maximum atomic E-state index is 14.2. The van der Waals surface area contributed by atoms with Gasteiger partial charge in [-0.05, 0) is 24.6 Å². The number of hydrogen-bond donors (Lipinski definition) is 1. The van der Waals surface area contributed by atoms with Crippen molar-refractivity contribution in [2.45, 2.75) is 31.2 Å². The molecule has 0 spiro atoms. The van der Waals surface area contributed by atoms with Crippen molar-refractivity contribution in [2.24, 2.45) is 0 Å². The van der Waals surface area contributed by atoms with Crippen LogP contribution in [0.3, 0.4) is 0 Å². The molecule has 2 aromatic rings. The van der Waals surface area contributed by atoms with Crippen molar-refractivity contribution in [1.29, 1.82) is 0 Å². The van der Waals surface area contributed by atoms with Crippen LogP contribution in [-0.4, -0.2) is 84.2 Å². The summed E-state index contributed by atoms with van der Waals surface area (Å²) < 4.78 is 53.8. The third-order valence-corrected chi connectivity index (χ3v) is 7.75. The van der Waals surface area contributed by atoms with Gasteiger partial charge in [-0.2, -0.15) is 13.2 Å². The number of nitrogens with one attached hydrogen (secondary N) is 1. The number of aromatic nitrogens is 2. The second-order valence-corrected chi connectivity index (χ2v) is 10.0. The van der Waals surface area contributed by atoms with Gasteiger partial charge < -0.3 is 24.6 Å². The Labute approximate surface area is 218 Å². The van der Waals surface area contributed by atoms with Gasteiger partial charge in [0.15, 0.2) is 11.4 Å². The highest BCUT2D eigenvalue weighted by Crippen LogP contribution is 2.45. The number of anilines is 3. The van der Waals surface area contributed by atoms with Crippen LogP contribution in [0, 0.1) is 0 Å². The molecule has 6 rings (SSSR count). The van der Waals surface area contributed by atoms with Crippen molar-refractivity contribution < 1.29 is 27.4 Å². The molecule has 4 aliphatic heterocycles.